The molecule has 0 unspecified atom stereocenters. The van der Waals surface area contributed by atoms with Gasteiger partial charge < -0.3 is 35.7 Å². The Morgan fingerprint density at radius 1 is 1.00 bits per heavy atom. The van der Waals surface area contributed by atoms with Crippen molar-refractivity contribution in [2.75, 3.05) is 7.11 Å². The Labute approximate surface area is 150 Å². The molecule has 2 aromatic carbocycles. The van der Waals surface area contributed by atoms with Crippen LogP contribution in [0.5, 0.6) is 23.0 Å². The number of rotatable bonds is 4. The summed E-state index contributed by atoms with van der Waals surface area (Å²) in [7, 11) is 1.18. The van der Waals surface area contributed by atoms with Crippen molar-refractivity contribution in [2.45, 2.75) is 0 Å². The molecule has 142 valence electrons. The molecule has 0 bridgehead atoms. The van der Waals surface area contributed by atoms with E-state index in [1.807, 2.05) is 0 Å². The van der Waals surface area contributed by atoms with Gasteiger partial charge in [0.25, 0.3) is 0 Å². The van der Waals surface area contributed by atoms with Crippen LogP contribution in [0.25, 0.3) is 0 Å². The van der Waals surface area contributed by atoms with E-state index >= 15 is 0 Å². The average molecular weight is 380 g/mol. The molecule has 2 rings (SSSR count). The van der Waals surface area contributed by atoms with E-state index in [4.69, 9.17) is 5.73 Å². The second-order valence-electron chi connectivity index (χ2n) is 5.01. The minimum atomic E-state index is -1.74. The lowest BCUT2D eigenvalue weighted by molar-refractivity contribution is 0.0504. The van der Waals surface area contributed by atoms with Gasteiger partial charge in [-0.15, -0.1) is 0 Å². The Hall–Kier alpha value is -4.02. The molecule has 0 aliphatic rings. The van der Waals surface area contributed by atoms with Gasteiger partial charge in [-0.2, -0.15) is 0 Å². The summed E-state index contributed by atoms with van der Waals surface area (Å²) >= 11 is 0. The Morgan fingerprint density at radius 3 is 2.22 bits per heavy atom. The number of carbonyl (C=O) groups is 2. The summed E-state index contributed by atoms with van der Waals surface area (Å²) in [6.45, 7) is 0. The van der Waals surface area contributed by atoms with Crippen LogP contribution in [0.3, 0.4) is 0 Å². The van der Waals surface area contributed by atoms with Crippen molar-refractivity contribution in [3.63, 3.8) is 0 Å². The van der Waals surface area contributed by atoms with Crippen LogP contribution >= 0.6 is 0 Å². The topological polar surface area (TPSA) is 172 Å². The van der Waals surface area contributed by atoms with E-state index in [2.05, 4.69) is 14.7 Å². The van der Waals surface area contributed by atoms with Gasteiger partial charge in [0.15, 0.2) is 23.2 Å². The van der Waals surface area contributed by atoms with Crippen LogP contribution in [0.15, 0.2) is 29.4 Å². The number of aromatic hydroxyl groups is 4. The zero-order valence-electron chi connectivity index (χ0n) is 13.6. The number of phenolic OH excluding ortho intramolecular Hbond substituents is 4. The zero-order chi connectivity index (χ0) is 20.3. The number of methoxy groups -OCH3 is 1. The smallest absolute Gasteiger partial charge is 0.372 e. The molecule has 0 aliphatic carbocycles. The third kappa shape index (κ3) is 3.66. The Bertz CT molecular complexity index is 929. The van der Waals surface area contributed by atoms with Gasteiger partial charge in [-0.3, -0.25) is 0 Å². The molecule has 0 atom stereocenters. The van der Waals surface area contributed by atoms with Crippen molar-refractivity contribution in [1.82, 2.24) is 0 Å². The highest BCUT2D eigenvalue weighted by molar-refractivity contribution is 6.01. The summed E-state index contributed by atoms with van der Waals surface area (Å²) in [5.41, 5.74) is 4.64. The average Bonchev–Trinajstić information content (AvgIpc) is 2.68. The highest BCUT2D eigenvalue weighted by Crippen LogP contribution is 2.46. The third-order valence-electron chi connectivity index (χ3n) is 3.35. The molecule has 0 heterocycles. The van der Waals surface area contributed by atoms with E-state index < -0.39 is 46.3 Å². The minimum absolute atomic E-state index is 0.136. The number of halogens is 1. The first-order valence-corrected chi connectivity index (χ1v) is 7.07. The molecule has 0 saturated heterocycles. The molecule has 0 aliphatic heterocycles. The maximum absolute atomic E-state index is 13.9. The van der Waals surface area contributed by atoms with Crippen molar-refractivity contribution >= 4 is 17.8 Å². The normalized spacial score (nSPS) is 11.1. The predicted octanol–water partition coefficient (Wildman–Crippen LogP) is 0.912. The van der Waals surface area contributed by atoms with Crippen LogP contribution in [0.2, 0.25) is 0 Å². The number of carbonyl (C=O) groups excluding carboxylic acids is 2. The molecular formula is C16H13FN2O8. The number of hydrogen-bond acceptors (Lipinski definition) is 9. The quantitative estimate of drug-likeness (QED) is 0.0983. The molecule has 6 N–H and O–H groups in total. The number of phenols is 4. The number of oxime groups is 1. The zero-order valence-corrected chi connectivity index (χ0v) is 13.6. The first-order chi connectivity index (χ1) is 12.7. The molecule has 0 aromatic heterocycles. The van der Waals surface area contributed by atoms with Crippen LogP contribution in [0.4, 0.5) is 4.39 Å². The van der Waals surface area contributed by atoms with Crippen LogP contribution in [0.1, 0.15) is 26.3 Å². The molecule has 0 spiro atoms. The van der Waals surface area contributed by atoms with Crippen molar-refractivity contribution in [3.8, 4) is 23.0 Å². The van der Waals surface area contributed by atoms with Crippen LogP contribution < -0.4 is 5.73 Å². The Kier molecular flexibility index (Phi) is 5.34. The van der Waals surface area contributed by atoms with Crippen molar-refractivity contribution in [2.24, 2.45) is 10.9 Å². The second-order valence-corrected chi connectivity index (χ2v) is 5.01. The third-order valence-corrected chi connectivity index (χ3v) is 3.35. The van der Waals surface area contributed by atoms with Gasteiger partial charge in [0, 0.05) is 5.56 Å². The highest BCUT2D eigenvalue weighted by Gasteiger charge is 2.29. The van der Waals surface area contributed by atoms with E-state index in [9.17, 15) is 34.4 Å². The summed E-state index contributed by atoms with van der Waals surface area (Å²) in [4.78, 5) is 27.8. The van der Waals surface area contributed by atoms with E-state index in [0.29, 0.717) is 0 Å². The fraction of sp³-hybridized carbons (Fsp3) is 0.0625. The summed E-state index contributed by atoms with van der Waals surface area (Å²) in [6, 6.07) is 5.60. The summed E-state index contributed by atoms with van der Waals surface area (Å²) in [6.07, 6.45) is 0. The maximum Gasteiger partial charge on any atom is 0.372 e. The van der Waals surface area contributed by atoms with E-state index in [0.717, 1.165) is 0 Å². The minimum Gasteiger partial charge on any atom is -0.503 e. The molecule has 0 amide bonds. The van der Waals surface area contributed by atoms with E-state index in [1.165, 1.54) is 31.4 Å². The molecule has 0 fully saturated rings. The number of benzene rings is 2. The fourth-order valence-corrected chi connectivity index (χ4v) is 1.97. The largest absolute Gasteiger partial charge is 0.503 e. The van der Waals surface area contributed by atoms with Gasteiger partial charge in [0.2, 0.25) is 11.5 Å². The standard InChI is InChI=1S/C16H13FN2O8/c1-26-15(24)7-4-2-3-6(5-7)14(18)19-27-16(25)8-9(17)11(21)13(23)12(22)10(8)20/h2-5,20-23H,1H3,(H2,18,19). The van der Waals surface area contributed by atoms with Crippen LogP contribution in [0, 0.1) is 5.82 Å². The Balaban J connectivity index is 2.31. The number of nitrogens with zero attached hydrogens (tertiary/aromatic N) is 1. The molecular weight excluding hydrogens is 367 g/mol. The molecule has 27 heavy (non-hydrogen) atoms. The van der Waals surface area contributed by atoms with Gasteiger partial charge in [0.1, 0.15) is 5.56 Å². The monoisotopic (exact) mass is 380 g/mol. The fourth-order valence-electron chi connectivity index (χ4n) is 1.97. The first kappa shape index (κ1) is 19.3. The first-order valence-electron chi connectivity index (χ1n) is 7.07. The van der Waals surface area contributed by atoms with E-state index in [1.54, 1.807) is 0 Å². The lowest BCUT2D eigenvalue weighted by Gasteiger charge is -2.09. The van der Waals surface area contributed by atoms with Crippen molar-refractivity contribution in [1.29, 1.82) is 0 Å². The van der Waals surface area contributed by atoms with E-state index in [-0.39, 0.29) is 17.0 Å². The van der Waals surface area contributed by atoms with Crippen LogP contribution in [-0.2, 0) is 9.57 Å². The summed E-state index contributed by atoms with van der Waals surface area (Å²) < 4.78 is 18.4. The molecule has 11 heteroatoms. The molecule has 10 nitrogen and oxygen atoms in total. The second kappa shape index (κ2) is 7.47. The molecule has 2 aromatic rings. The number of nitrogens with two attached hydrogens (primary N) is 1. The predicted molar refractivity (Wildman–Crippen MR) is 87.0 cm³/mol. The molecule has 0 saturated carbocycles. The summed E-state index contributed by atoms with van der Waals surface area (Å²) in [5, 5.41) is 40.7. The van der Waals surface area contributed by atoms with Crippen molar-refractivity contribution < 1.29 is 44.0 Å². The lowest BCUT2D eigenvalue weighted by atomic mass is 10.1. The van der Waals surface area contributed by atoms with Gasteiger partial charge in [-0.05, 0) is 12.1 Å². The number of hydrogen-bond donors (Lipinski definition) is 5. The lowest BCUT2D eigenvalue weighted by Crippen LogP contribution is -2.16. The van der Waals surface area contributed by atoms with Gasteiger partial charge in [0.05, 0.1) is 12.7 Å². The van der Waals surface area contributed by atoms with Gasteiger partial charge in [-0.1, -0.05) is 17.3 Å². The SMILES string of the molecule is COC(=O)c1cccc(/C(N)=N/OC(=O)c2c(O)c(O)c(O)c(O)c2F)c1. The van der Waals surface area contributed by atoms with Gasteiger partial charge in [-0.25, -0.2) is 14.0 Å². The molecule has 0 radical (unpaired) electrons. The maximum atomic E-state index is 13.9. The number of esters is 1. The number of ether oxygens (including phenoxy) is 1. The number of amidine groups is 1. The van der Waals surface area contributed by atoms with Gasteiger partial charge >= 0.3 is 11.9 Å². The van der Waals surface area contributed by atoms with Crippen molar-refractivity contribution in [3.05, 3.63) is 46.8 Å². The summed E-state index contributed by atoms with van der Waals surface area (Å²) in [5.74, 6) is -9.93. The van der Waals surface area contributed by atoms with Crippen LogP contribution in [-0.4, -0.2) is 45.3 Å². The Morgan fingerprint density at radius 2 is 1.59 bits per heavy atom. The highest BCUT2D eigenvalue weighted by atomic mass is 19.1.